The molecule has 0 bridgehead atoms. The fourth-order valence-electron chi connectivity index (χ4n) is 3.68. The third-order valence-corrected chi connectivity index (χ3v) is 5.40. The van der Waals surface area contributed by atoms with Crippen molar-refractivity contribution in [2.24, 2.45) is 4.99 Å². The molecule has 1 heterocycles. The fourth-order valence-corrected chi connectivity index (χ4v) is 3.68. The van der Waals surface area contributed by atoms with E-state index in [9.17, 15) is 0 Å². The lowest BCUT2D eigenvalue weighted by Crippen LogP contribution is -2.37. The second kappa shape index (κ2) is 13.9. The van der Waals surface area contributed by atoms with Gasteiger partial charge in [-0.25, -0.2) is 0 Å². The van der Waals surface area contributed by atoms with E-state index in [4.69, 9.17) is 18.9 Å². The predicted molar refractivity (Wildman–Crippen MR) is 129 cm³/mol. The molecule has 0 radical (unpaired) electrons. The van der Waals surface area contributed by atoms with E-state index in [1.54, 1.807) is 14.2 Å². The number of methoxy groups -OCH3 is 1. The summed E-state index contributed by atoms with van der Waals surface area (Å²) in [6.07, 6.45) is 7.25. The Morgan fingerprint density at radius 1 is 1.17 bits per heavy atom. The molecule has 170 valence electrons. The Kier molecular flexibility index (Phi) is 11.6. The molecule has 1 saturated heterocycles. The van der Waals surface area contributed by atoms with Crippen molar-refractivity contribution in [3.05, 3.63) is 23.8 Å². The quantitative estimate of drug-likeness (QED) is 0.208. The minimum Gasteiger partial charge on any atom is -0.497 e. The summed E-state index contributed by atoms with van der Waals surface area (Å²) >= 11 is 0. The lowest BCUT2D eigenvalue weighted by atomic mass is 10.2. The van der Waals surface area contributed by atoms with Crippen molar-refractivity contribution in [3.63, 3.8) is 0 Å². The first-order chi connectivity index (χ1) is 14.3. The summed E-state index contributed by atoms with van der Waals surface area (Å²) in [5.74, 6) is 2.49. The molecule has 1 aromatic rings. The first-order valence-corrected chi connectivity index (χ1v) is 10.8. The SMILES string of the molecule is CN=C(NCCCOC1CCOC1)NCc1ccc(OC)cc1OC1CCCC1.I. The summed E-state index contributed by atoms with van der Waals surface area (Å²) in [5, 5.41) is 6.72. The Hall–Kier alpha value is -1.26. The van der Waals surface area contributed by atoms with Crippen LogP contribution < -0.4 is 20.1 Å². The summed E-state index contributed by atoms with van der Waals surface area (Å²) in [7, 11) is 3.47. The molecule has 1 atom stereocenters. The van der Waals surface area contributed by atoms with Gasteiger partial charge in [0, 0.05) is 45.0 Å². The first-order valence-electron chi connectivity index (χ1n) is 10.8. The van der Waals surface area contributed by atoms with Crippen LogP contribution in [0.15, 0.2) is 23.2 Å². The monoisotopic (exact) mass is 533 g/mol. The topological polar surface area (TPSA) is 73.3 Å². The van der Waals surface area contributed by atoms with Crippen LogP contribution in [-0.2, 0) is 16.0 Å². The van der Waals surface area contributed by atoms with Gasteiger partial charge in [-0.3, -0.25) is 4.99 Å². The van der Waals surface area contributed by atoms with Gasteiger partial charge in [-0.1, -0.05) is 0 Å². The molecule has 0 amide bonds. The van der Waals surface area contributed by atoms with Crippen LogP contribution in [0, 0.1) is 0 Å². The van der Waals surface area contributed by atoms with Crippen LogP contribution in [0.1, 0.15) is 44.1 Å². The molecular formula is C22H36IN3O4. The molecule has 2 fully saturated rings. The Bertz CT molecular complexity index is 647. The number of rotatable bonds is 10. The van der Waals surface area contributed by atoms with Crippen molar-refractivity contribution in [3.8, 4) is 11.5 Å². The van der Waals surface area contributed by atoms with Crippen LogP contribution in [-0.4, -0.2) is 58.7 Å². The molecule has 1 aromatic carbocycles. The largest absolute Gasteiger partial charge is 0.497 e. The molecule has 1 unspecified atom stereocenters. The summed E-state index contributed by atoms with van der Waals surface area (Å²) in [6, 6.07) is 6.01. The molecule has 30 heavy (non-hydrogen) atoms. The second-order valence-corrected chi connectivity index (χ2v) is 7.56. The van der Waals surface area contributed by atoms with Crippen molar-refractivity contribution in [2.75, 3.05) is 40.5 Å². The second-order valence-electron chi connectivity index (χ2n) is 7.56. The van der Waals surface area contributed by atoms with E-state index in [1.807, 2.05) is 12.1 Å². The van der Waals surface area contributed by atoms with E-state index in [1.165, 1.54) is 12.8 Å². The molecule has 3 rings (SSSR count). The first kappa shape index (κ1) is 25.0. The third-order valence-electron chi connectivity index (χ3n) is 5.40. The average molecular weight is 533 g/mol. The van der Waals surface area contributed by atoms with E-state index >= 15 is 0 Å². The van der Waals surface area contributed by atoms with E-state index < -0.39 is 0 Å². The van der Waals surface area contributed by atoms with Crippen LogP contribution in [0.3, 0.4) is 0 Å². The normalized spacial score (nSPS) is 19.4. The number of nitrogens with zero attached hydrogens (tertiary/aromatic N) is 1. The zero-order chi connectivity index (χ0) is 20.3. The standard InChI is InChI=1S/C22H35N3O4.HI/c1-23-22(24-11-5-12-28-20-10-13-27-16-20)25-15-17-8-9-19(26-2)14-21(17)29-18-6-3-4-7-18;/h8-9,14,18,20H,3-7,10-13,15-16H2,1-2H3,(H2,23,24,25);1H. The smallest absolute Gasteiger partial charge is 0.191 e. The number of hydrogen-bond acceptors (Lipinski definition) is 5. The Balaban J connectivity index is 0.00000320. The van der Waals surface area contributed by atoms with Crippen LogP contribution >= 0.6 is 24.0 Å². The van der Waals surface area contributed by atoms with Crippen molar-refractivity contribution in [2.45, 2.75) is 57.3 Å². The highest BCUT2D eigenvalue weighted by molar-refractivity contribution is 14.0. The van der Waals surface area contributed by atoms with Gasteiger partial charge in [-0.05, 0) is 50.7 Å². The summed E-state index contributed by atoms with van der Waals surface area (Å²) in [5.41, 5.74) is 1.10. The Morgan fingerprint density at radius 2 is 2.00 bits per heavy atom. The third kappa shape index (κ3) is 8.11. The number of benzene rings is 1. The summed E-state index contributed by atoms with van der Waals surface area (Å²) in [4.78, 5) is 4.31. The van der Waals surface area contributed by atoms with Gasteiger partial charge in [0.15, 0.2) is 5.96 Å². The van der Waals surface area contributed by atoms with Crippen molar-refractivity contribution < 1.29 is 18.9 Å². The summed E-state index contributed by atoms with van der Waals surface area (Å²) < 4.78 is 22.8. The van der Waals surface area contributed by atoms with Crippen molar-refractivity contribution in [1.29, 1.82) is 0 Å². The van der Waals surface area contributed by atoms with Gasteiger partial charge in [0.05, 0.1) is 25.9 Å². The van der Waals surface area contributed by atoms with Crippen molar-refractivity contribution in [1.82, 2.24) is 10.6 Å². The summed E-state index contributed by atoms with van der Waals surface area (Å²) in [6.45, 7) is 3.72. The average Bonchev–Trinajstić information content (AvgIpc) is 3.45. The van der Waals surface area contributed by atoms with Gasteiger partial charge in [-0.2, -0.15) is 0 Å². The number of aliphatic imine (C=N–C) groups is 1. The number of ether oxygens (including phenoxy) is 4. The van der Waals surface area contributed by atoms with E-state index in [0.29, 0.717) is 12.6 Å². The zero-order valence-electron chi connectivity index (χ0n) is 18.2. The van der Waals surface area contributed by atoms with Gasteiger partial charge >= 0.3 is 0 Å². The highest BCUT2D eigenvalue weighted by Crippen LogP contribution is 2.30. The molecule has 0 aromatic heterocycles. The maximum absolute atomic E-state index is 6.27. The van der Waals surface area contributed by atoms with Crippen LogP contribution in [0.4, 0.5) is 0 Å². The van der Waals surface area contributed by atoms with E-state index in [-0.39, 0.29) is 30.1 Å². The van der Waals surface area contributed by atoms with Crippen molar-refractivity contribution >= 4 is 29.9 Å². The zero-order valence-corrected chi connectivity index (χ0v) is 20.5. The molecule has 7 nitrogen and oxygen atoms in total. The van der Waals surface area contributed by atoms with E-state index in [2.05, 4.69) is 21.7 Å². The van der Waals surface area contributed by atoms with Gasteiger partial charge in [0.1, 0.15) is 11.5 Å². The molecular weight excluding hydrogens is 497 g/mol. The maximum atomic E-state index is 6.27. The highest BCUT2D eigenvalue weighted by atomic mass is 127. The molecule has 1 aliphatic carbocycles. The molecule has 1 aliphatic heterocycles. The minimum atomic E-state index is 0. The molecule has 2 aliphatic rings. The number of halogens is 1. The molecule has 1 saturated carbocycles. The number of hydrogen-bond donors (Lipinski definition) is 2. The van der Waals surface area contributed by atoms with Crippen LogP contribution in [0.25, 0.3) is 0 Å². The van der Waals surface area contributed by atoms with E-state index in [0.717, 1.165) is 75.1 Å². The van der Waals surface area contributed by atoms with Crippen LogP contribution in [0.5, 0.6) is 11.5 Å². The Labute approximate surface area is 197 Å². The van der Waals surface area contributed by atoms with Gasteiger partial charge < -0.3 is 29.6 Å². The Morgan fingerprint density at radius 3 is 2.70 bits per heavy atom. The molecule has 2 N–H and O–H groups in total. The maximum Gasteiger partial charge on any atom is 0.191 e. The molecule has 8 heteroatoms. The van der Waals surface area contributed by atoms with Crippen LogP contribution in [0.2, 0.25) is 0 Å². The van der Waals surface area contributed by atoms with Gasteiger partial charge in [-0.15, -0.1) is 24.0 Å². The predicted octanol–water partition coefficient (Wildman–Crippen LogP) is 3.50. The van der Waals surface area contributed by atoms with Gasteiger partial charge in [0.25, 0.3) is 0 Å². The van der Waals surface area contributed by atoms with Gasteiger partial charge in [0.2, 0.25) is 0 Å². The minimum absolute atomic E-state index is 0. The number of nitrogens with one attached hydrogen (secondary N) is 2. The molecule has 0 spiro atoms. The number of guanidine groups is 1. The highest BCUT2D eigenvalue weighted by Gasteiger charge is 2.19. The lowest BCUT2D eigenvalue weighted by molar-refractivity contribution is 0.0420. The lowest BCUT2D eigenvalue weighted by Gasteiger charge is -2.19. The fraction of sp³-hybridized carbons (Fsp3) is 0.682.